The van der Waals surface area contributed by atoms with Gasteiger partial charge in [0.15, 0.2) is 5.82 Å². The molecular weight excluding hydrogens is 394 g/mol. The quantitative estimate of drug-likeness (QED) is 0.721. The minimum Gasteiger partial charge on any atom is -0.507 e. The van der Waals surface area contributed by atoms with E-state index in [1.807, 2.05) is 18.2 Å². The number of aromatic hydroxyl groups is 1. The number of benzene rings is 1. The third-order valence-electron chi connectivity index (χ3n) is 7.13. The molecule has 0 unspecified atom stereocenters. The molecule has 3 fully saturated rings. The summed E-state index contributed by atoms with van der Waals surface area (Å²) in [7, 11) is 0. The first-order valence-electron chi connectivity index (χ1n) is 11.1. The number of nitrogen functional groups attached to an aromatic ring is 1. The molecule has 3 N–H and O–H groups in total. The fourth-order valence-corrected chi connectivity index (χ4v) is 5.15. The van der Waals surface area contributed by atoms with Gasteiger partial charge >= 0.3 is 0 Å². The molecule has 1 spiro atoms. The summed E-state index contributed by atoms with van der Waals surface area (Å²) < 4.78 is 6.30. The van der Waals surface area contributed by atoms with E-state index in [1.165, 1.54) is 0 Å². The SMILES string of the molecule is Nc1nnc(-c2ccccc2O)cc1N1CCC2(CC1)CN(C1CC(C=O)C1)CCO2. The summed E-state index contributed by atoms with van der Waals surface area (Å²) in [6.45, 7) is 4.28. The Morgan fingerprint density at radius 3 is 2.68 bits per heavy atom. The van der Waals surface area contributed by atoms with Crippen molar-refractivity contribution in [2.24, 2.45) is 5.92 Å². The Labute approximate surface area is 182 Å². The average Bonchev–Trinajstić information content (AvgIpc) is 2.75. The van der Waals surface area contributed by atoms with Gasteiger partial charge in [0.1, 0.15) is 12.0 Å². The Kier molecular flexibility index (Phi) is 5.27. The zero-order valence-electron chi connectivity index (χ0n) is 17.6. The van der Waals surface area contributed by atoms with Crippen molar-refractivity contribution in [2.75, 3.05) is 43.4 Å². The van der Waals surface area contributed by atoms with Crippen molar-refractivity contribution >= 4 is 17.8 Å². The number of para-hydroxylation sites is 1. The van der Waals surface area contributed by atoms with Gasteiger partial charge in [-0.25, -0.2) is 0 Å². The third kappa shape index (κ3) is 3.85. The van der Waals surface area contributed by atoms with Gasteiger partial charge in [-0.2, -0.15) is 0 Å². The Balaban J connectivity index is 1.28. The summed E-state index contributed by atoms with van der Waals surface area (Å²) in [4.78, 5) is 15.7. The molecule has 1 aliphatic carbocycles. The van der Waals surface area contributed by atoms with Crippen LogP contribution in [0.4, 0.5) is 11.5 Å². The van der Waals surface area contributed by atoms with Crippen LogP contribution in [0.5, 0.6) is 5.75 Å². The standard InChI is InChI=1S/C23H29N5O3/c24-22-20(13-19(25-26-22)18-3-1-2-4-21(18)30)27-7-5-23(6-8-27)15-28(9-10-31-23)17-11-16(12-17)14-29/h1-4,13-14,16-17,30H,5-12,15H2,(H2,24,26). The number of aldehydes is 1. The van der Waals surface area contributed by atoms with Gasteiger partial charge in [-0.15, -0.1) is 10.2 Å². The van der Waals surface area contributed by atoms with Crippen LogP contribution in [-0.4, -0.2) is 70.9 Å². The van der Waals surface area contributed by atoms with Gasteiger partial charge in [0, 0.05) is 43.7 Å². The van der Waals surface area contributed by atoms with Crippen molar-refractivity contribution in [3.8, 4) is 17.0 Å². The topological polar surface area (TPSA) is 105 Å². The molecule has 31 heavy (non-hydrogen) atoms. The first-order chi connectivity index (χ1) is 15.1. The number of nitrogens with zero attached hydrogens (tertiary/aromatic N) is 4. The Bertz CT molecular complexity index is 954. The van der Waals surface area contributed by atoms with Crippen molar-refractivity contribution < 1.29 is 14.6 Å². The number of phenols is 1. The lowest BCUT2D eigenvalue weighted by Gasteiger charge is -2.51. The first-order valence-corrected chi connectivity index (χ1v) is 11.1. The second-order valence-corrected chi connectivity index (χ2v) is 9.03. The molecule has 8 heteroatoms. The first kappa shape index (κ1) is 20.2. The van der Waals surface area contributed by atoms with Gasteiger partial charge in [0.05, 0.1) is 23.6 Å². The third-order valence-corrected chi connectivity index (χ3v) is 7.13. The number of piperidine rings is 1. The van der Waals surface area contributed by atoms with Crippen molar-refractivity contribution in [1.82, 2.24) is 15.1 Å². The molecule has 8 nitrogen and oxygen atoms in total. The minimum atomic E-state index is -0.128. The Hall–Kier alpha value is -2.71. The highest BCUT2D eigenvalue weighted by Gasteiger charge is 2.44. The van der Waals surface area contributed by atoms with Gasteiger partial charge < -0.3 is 25.3 Å². The number of aromatic nitrogens is 2. The molecule has 0 bridgehead atoms. The summed E-state index contributed by atoms with van der Waals surface area (Å²) >= 11 is 0. The van der Waals surface area contributed by atoms with E-state index in [0.717, 1.165) is 70.4 Å². The number of carbonyl (C=O) groups is 1. The lowest BCUT2D eigenvalue weighted by molar-refractivity contribution is -0.142. The smallest absolute Gasteiger partial charge is 0.169 e. The fraction of sp³-hybridized carbons (Fsp3) is 0.522. The van der Waals surface area contributed by atoms with E-state index < -0.39 is 0 Å². The second kappa shape index (κ2) is 8.09. The van der Waals surface area contributed by atoms with E-state index >= 15 is 0 Å². The molecule has 0 atom stereocenters. The summed E-state index contributed by atoms with van der Waals surface area (Å²) in [5.41, 5.74) is 8.15. The number of nitrogens with two attached hydrogens (primary N) is 1. The van der Waals surface area contributed by atoms with Crippen LogP contribution in [0, 0.1) is 5.92 Å². The van der Waals surface area contributed by atoms with Crippen LogP contribution < -0.4 is 10.6 Å². The Morgan fingerprint density at radius 1 is 1.16 bits per heavy atom. The lowest BCUT2D eigenvalue weighted by atomic mass is 9.79. The summed E-state index contributed by atoms with van der Waals surface area (Å²) in [5.74, 6) is 0.815. The molecule has 0 radical (unpaired) electrons. The maximum absolute atomic E-state index is 11.0. The van der Waals surface area contributed by atoms with Crippen LogP contribution in [-0.2, 0) is 9.53 Å². The molecule has 2 aliphatic heterocycles. The highest BCUT2D eigenvalue weighted by Crippen LogP contribution is 2.38. The largest absolute Gasteiger partial charge is 0.507 e. The number of ether oxygens (including phenoxy) is 1. The normalized spacial score (nSPS) is 25.9. The number of phenolic OH excluding ortho intramolecular Hbond substituents is 1. The lowest BCUT2D eigenvalue weighted by Crippen LogP contribution is -2.60. The highest BCUT2D eigenvalue weighted by molar-refractivity contribution is 5.74. The van der Waals surface area contributed by atoms with E-state index in [0.29, 0.717) is 23.1 Å². The predicted molar refractivity (Wildman–Crippen MR) is 118 cm³/mol. The number of rotatable bonds is 4. The van der Waals surface area contributed by atoms with Crippen LogP contribution in [0.3, 0.4) is 0 Å². The second-order valence-electron chi connectivity index (χ2n) is 9.03. The van der Waals surface area contributed by atoms with Crippen LogP contribution in [0.2, 0.25) is 0 Å². The zero-order chi connectivity index (χ0) is 21.4. The Morgan fingerprint density at radius 2 is 1.94 bits per heavy atom. The van der Waals surface area contributed by atoms with Gasteiger partial charge in [0.2, 0.25) is 0 Å². The number of anilines is 2. The molecular formula is C23H29N5O3. The molecule has 3 heterocycles. The molecule has 3 aliphatic rings. The zero-order valence-corrected chi connectivity index (χ0v) is 17.6. The van der Waals surface area contributed by atoms with E-state index in [9.17, 15) is 9.90 Å². The summed E-state index contributed by atoms with van der Waals surface area (Å²) in [6.07, 6.45) is 4.91. The van der Waals surface area contributed by atoms with Crippen molar-refractivity contribution in [3.63, 3.8) is 0 Å². The average molecular weight is 424 g/mol. The van der Waals surface area contributed by atoms with Crippen LogP contribution in [0.1, 0.15) is 25.7 Å². The van der Waals surface area contributed by atoms with Gasteiger partial charge in [-0.05, 0) is 43.9 Å². The van der Waals surface area contributed by atoms with Crippen molar-refractivity contribution in [2.45, 2.75) is 37.3 Å². The molecule has 1 aromatic carbocycles. The maximum Gasteiger partial charge on any atom is 0.169 e. The van der Waals surface area contributed by atoms with Gasteiger partial charge in [-0.1, -0.05) is 12.1 Å². The van der Waals surface area contributed by atoms with Crippen LogP contribution >= 0.6 is 0 Å². The maximum atomic E-state index is 11.0. The number of hydrogen-bond acceptors (Lipinski definition) is 8. The van der Waals surface area contributed by atoms with E-state index in [4.69, 9.17) is 10.5 Å². The van der Waals surface area contributed by atoms with Gasteiger partial charge in [0.25, 0.3) is 0 Å². The van der Waals surface area contributed by atoms with Crippen molar-refractivity contribution in [1.29, 1.82) is 0 Å². The summed E-state index contributed by atoms with van der Waals surface area (Å²) in [5, 5.41) is 18.5. The summed E-state index contributed by atoms with van der Waals surface area (Å²) in [6, 6.07) is 9.55. The van der Waals surface area contributed by atoms with E-state index in [1.54, 1.807) is 12.1 Å². The van der Waals surface area contributed by atoms with Crippen molar-refractivity contribution in [3.05, 3.63) is 30.3 Å². The predicted octanol–water partition coefficient (Wildman–Crippen LogP) is 2.08. The monoisotopic (exact) mass is 423 g/mol. The molecule has 164 valence electrons. The molecule has 5 rings (SSSR count). The van der Waals surface area contributed by atoms with E-state index in [-0.39, 0.29) is 17.3 Å². The molecule has 1 aromatic heterocycles. The number of carbonyl (C=O) groups excluding carboxylic acids is 1. The number of hydrogen-bond donors (Lipinski definition) is 2. The fourth-order valence-electron chi connectivity index (χ4n) is 5.15. The van der Waals surface area contributed by atoms with Gasteiger partial charge in [-0.3, -0.25) is 4.90 Å². The highest BCUT2D eigenvalue weighted by atomic mass is 16.5. The van der Waals surface area contributed by atoms with E-state index in [2.05, 4.69) is 20.0 Å². The molecule has 2 aromatic rings. The minimum absolute atomic E-state index is 0.128. The van der Waals surface area contributed by atoms with Crippen LogP contribution in [0.25, 0.3) is 11.3 Å². The van der Waals surface area contributed by atoms with Crippen LogP contribution in [0.15, 0.2) is 30.3 Å². The molecule has 1 saturated carbocycles. The molecule has 0 amide bonds. The number of morpholine rings is 1. The molecule has 2 saturated heterocycles.